The fourth-order valence-electron chi connectivity index (χ4n) is 1.44. The lowest BCUT2D eigenvalue weighted by Gasteiger charge is -2.05. The molecule has 0 fully saturated rings. The minimum atomic E-state index is -0.894. The number of aromatic nitrogens is 4. The Kier molecular flexibility index (Phi) is 3.78. The molecule has 96 valence electrons. The smallest absolute Gasteiger partial charge is 0.316 e. The quantitative estimate of drug-likeness (QED) is 0.597. The van der Waals surface area contributed by atoms with E-state index in [0.29, 0.717) is 22.6 Å². The number of aliphatic hydroxyl groups excluding tert-OH is 1. The largest absolute Gasteiger partial charge is 0.480 e. The normalized spacial score (nSPS) is 12.8. The van der Waals surface area contributed by atoms with Crippen LogP contribution in [0.2, 0.25) is 0 Å². The van der Waals surface area contributed by atoms with Crippen molar-refractivity contribution < 1.29 is 15.0 Å². The van der Waals surface area contributed by atoms with Gasteiger partial charge in [-0.3, -0.25) is 4.79 Å². The molecule has 0 bridgehead atoms. The Hall–Kier alpha value is -1.67. The van der Waals surface area contributed by atoms with Gasteiger partial charge in [0, 0.05) is 0 Å². The summed E-state index contributed by atoms with van der Waals surface area (Å²) in [7, 11) is 0. The fourth-order valence-corrected chi connectivity index (χ4v) is 2.26. The average molecular weight is 268 g/mol. The maximum atomic E-state index is 10.8. The second-order valence-corrected chi connectivity index (χ2v) is 4.94. The molecule has 2 aromatic rings. The molecule has 0 saturated heterocycles. The zero-order valence-electron chi connectivity index (χ0n) is 9.65. The topological polar surface area (TPSA) is 101 Å². The number of carboxylic acids is 1. The number of fused-ring (bicyclic) bond motifs is 1. The Bertz CT molecular complexity index is 571. The first-order chi connectivity index (χ1) is 8.63. The molecular weight excluding hydrogens is 256 g/mol. The van der Waals surface area contributed by atoms with Crippen LogP contribution in [0.5, 0.6) is 0 Å². The first-order valence-corrected chi connectivity index (χ1v) is 6.18. The predicted molar refractivity (Wildman–Crippen MR) is 65.4 cm³/mol. The number of carboxylic acid groups (broad SMARTS) is 1. The third-order valence-corrected chi connectivity index (χ3v) is 3.45. The molecular formula is C10H12N4O3S. The third-order valence-electron chi connectivity index (χ3n) is 2.35. The molecule has 2 aromatic heterocycles. The van der Waals surface area contributed by atoms with Crippen molar-refractivity contribution in [3.63, 3.8) is 0 Å². The highest BCUT2D eigenvalue weighted by atomic mass is 32.2. The molecule has 1 unspecified atom stereocenters. The maximum absolute atomic E-state index is 10.8. The number of nitrogens with zero attached hydrogens (tertiary/aromatic N) is 4. The van der Waals surface area contributed by atoms with Crippen molar-refractivity contribution in [2.75, 3.05) is 6.61 Å². The molecule has 1 atom stereocenters. The number of thioether (sulfide) groups is 1. The Balaban J connectivity index is 2.37. The lowest BCUT2D eigenvalue weighted by Crippen LogP contribution is -2.11. The Morgan fingerprint density at radius 1 is 1.56 bits per heavy atom. The van der Waals surface area contributed by atoms with Crippen LogP contribution in [0, 0.1) is 0 Å². The van der Waals surface area contributed by atoms with Gasteiger partial charge < -0.3 is 10.2 Å². The molecule has 0 saturated carbocycles. The first kappa shape index (κ1) is 12.8. The maximum Gasteiger partial charge on any atom is 0.316 e. The summed E-state index contributed by atoms with van der Waals surface area (Å²) in [4.78, 5) is 19.0. The summed E-state index contributed by atoms with van der Waals surface area (Å²) in [5, 5.41) is 22.6. The van der Waals surface area contributed by atoms with Gasteiger partial charge in [0.05, 0.1) is 24.7 Å². The predicted octanol–water partition coefficient (Wildman–Crippen LogP) is 0.384. The number of rotatable bonds is 5. The van der Waals surface area contributed by atoms with Crippen molar-refractivity contribution in [3.8, 4) is 0 Å². The average Bonchev–Trinajstić information content (AvgIpc) is 2.74. The summed E-state index contributed by atoms with van der Waals surface area (Å²) < 4.78 is 1.56. The fraction of sp³-hybridized carbons (Fsp3) is 0.400. The molecule has 18 heavy (non-hydrogen) atoms. The van der Waals surface area contributed by atoms with Gasteiger partial charge in [0.1, 0.15) is 16.6 Å². The second-order valence-electron chi connectivity index (χ2n) is 3.61. The van der Waals surface area contributed by atoms with Crippen LogP contribution in [0.1, 0.15) is 6.92 Å². The van der Waals surface area contributed by atoms with Crippen LogP contribution in [-0.2, 0) is 11.3 Å². The van der Waals surface area contributed by atoms with Crippen molar-refractivity contribution in [2.24, 2.45) is 0 Å². The van der Waals surface area contributed by atoms with E-state index in [9.17, 15) is 4.79 Å². The van der Waals surface area contributed by atoms with Crippen LogP contribution in [-0.4, -0.2) is 47.8 Å². The zero-order chi connectivity index (χ0) is 13.1. The number of carbonyl (C=O) groups is 1. The van der Waals surface area contributed by atoms with Crippen LogP contribution in [0.3, 0.4) is 0 Å². The van der Waals surface area contributed by atoms with Gasteiger partial charge in [0.2, 0.25) is 0 Å². The molecule has 7 nitrogen and oxygen atoms in total. The van der Waals surface area contributed by atoms with Crippen molar-refractivity contribution in [1.29, 1.82) is 0 Å². The molecule has 0 spiro atoms. The molecule has 0 radical (unpaired) electrons. The summed E-state index contributed by atoms with van der Waals surface area (Å²) in [5.41, 5.74) is 0.596. The van der Waals surface area contributed by atoms with E-state index in [1.54, 1.807) is 17.8 Å². The van der Waals surface area contributed by atoms with Gasteiger partial charge in [0.25, 0.3) is 0 Å². The van der Waals surface area contributed by atoms with Gasteiger partial charge in [0.15, 0.2) is 5.65 Å². The number of hydrogen-bond acceptors (Lipinski definition) is 6. The number of aliphatic hydroxyl groups is 1. The molecule has 0 aliphatic carbocycles. The van der Waals surface area contributed by atoms with E-state index < -0.39 is 11.2 Å². The van der Waals surface area contributed by atoms with E-state index in [1.807, 2.05) is 0 Å². The van der Waals surface area contributed by atoms with Crippen molar-refractivity contribution in [3.05, 3.63) is 12.5 Å². The zero-order valence-corrected chi connectivity index (χ0v) is 10.5. The molecule has 0 amide bonds. The highest BCUT2D eigenvalue weighted by Crippen LogP contribution is 2.27. The van der Waals surface area contributed by atoms with E-state index in [-0.39, 0.29) is 6.61 Å². The van der Waals surface area contributed by atoms with Crippen molar-refractivity contribution in [1.82, 2.24) is 19.7 Å². The van der Waals surface area contributed by atoms with Gasteiger partial charge in [-0.05, 0) is 6.92 Å². The number of aliphatic carboxylic acids is 1. The van der Waals surface area contributed by atoms with E-state index >= 15 is 0 Å². The first-order valence-electron chi connectivity index (χ1n) is 5.30. The van der Waals surface area contributed by atoms with Gasteiger partial charge >= 0.3 is 5.97 Å². The second kappa shape index (κ2) is 5.32. The van der Waals surface area contributed by atoms with Crippen LogP contribution < -0.4 is 0 Å². The SMILES string of the molecule is CC(Sc1ncnc2c1cnn2CCO)C(=O)O. The highest BCUT2D eigenvalue weighted by molar-refractivity contribution is 8.00. The molecule has 0 aliphatic heterocycles. The van der Waals surface area contributed by atoms with Crippen LogP contribution in [0.4, 0.5) is 0 Å². The Morgan fingerprint density at radius 3 is 3.00 bits per heavy atom. The minimum absolute atomic E-state index is 0.0329. The van der Waals surface area contributed by atoms with Crippen molar-refractivity contribution >= 4 is 28.8 Å². The molecule has 8 heteroatoms. The van der Waals surface area contributed by atoms with E-state index in [0.717, 1.165) is 11.8 Å². The lowest BCUT2D eigenvalue weighted by molar-refractivity contribution is -0.136. The van der Waals surface area contributed by atoms with E-state index in [4.69, 9.17) is 10.2 Å². The third kappa shape index (κ3) is 2.44. The summed E-state index contributed by atoms with van der Waals surface area (Å²) in [5.74, 6) is -0.894. The summed E-state index contributed by atoms with van der Waals surface area (Å²) in [6.45, 7) is 1.91. The summed E-state index contributed by atoms with van der Waals surface area (Å²) in [6, 6.07) is 0. The summed E-state index contributed by atoms with van der Waals surface area (Å²) >= 11 is 1.15. The van der Waals surface area contributed by atoms with Crippen molar-refractivity contribution in [2.45, 2.75) is 23.7 Å². The van der Waals surface area contributed by atoms with Crippen LogP contribution in [0.15, 0.2) is 17.6 Å². The van der Waals surface area contributed by atoms with Crippen LogP contribution in [0.25, 0.3) is 11.0 Å². The standard InChI is InChI=1S/C10H12N4O3S/c1-6(10(16)17)18-9-7-4-13-14(2-3-15)8(7)11-5-12-9/h4-6,15H,2-3H2,1H3,(H,16,17). The Morgan fingerprint density at radius 2 is 2.33 bits per heavy atom. The van der Waals surface area contributed by atoms with E-state index in [2.05, 4.69) is 15.1 Å². The highest BCUT2D eigenvalue weighted by Gasteiger charge is 2.17. The molecule has 0 aromatic carbocycles. The minimum Gasteiger partial charge on any atom is -0.480 e. The number of hydrogen-bond donors (Lipinski definition) is 2. The molecule has 2 heterocycles. The summed E-state index contributed by atoms with van der Waals surface area (Å²) in [6.07, 6.45) is 2.96. The van der Waals surface area contributed by atoms with Gasteiger partial charge in [-0.1, -0.05) is 11.8 Å². The van der Waals surface area contributed by atoms with Crippen LogP contribution >= 0.6 is 11.8 Å². The van der Waals surface area contributed by atoms with Gasteiger partial charge in [-0.25, -0.2) is 14.6 Å². The van der Waals surface area contributed by atoms with E-state index in [1.165, 1.54) is 6.33 Å². The molecule has 2 rings (SSSR count). The molecule has 0 aliphatic rings. The lowest BCUT2D eigenvalue weighted by atomic mass is 10.4. The van der Waals surface area contributed by atoms with Gasteiger partial charge in [-0.2, -0.15) is 5.10 Å². The molecule has 2 N–H and O–H groups in total. The van der Waals surface area contributed by atoms with Gasteiger partial charge in [-0.15, -0.1) is 0 Å². The monoisotopic (exact) mass is 268 g/mol. The Labute approximate surface area is 107 Å².